The second kappa shape index (κ2) is 14.6. The SMILES string of the molecule is CC[C@]1(O)C[C@H]2CN(CCC3=C(Bc4ccc(S)cc43)[C@@](C(=O)OC)(C3C=C4C(=CC3OC)N(C)[C@H]3[C@@](O)(C(=O)OC)[C@H](OC(C)=O)[C@]5(CC)C=CCN6CC[C@]43[C@@H]65)C2)C1. The van der Waals surface area contributed by atoms with E-state index in [-0.39, 0.29) is 17.9 Å². The molecule has 2 bridgehead atoms. The van der Waals surface area contributed by atoms with E-state index in [0.29, 0.717) is 65.4 Å². The maximum Gasteiger partial charge on any atom is 0.344 e. The second-order valence-electron chi connectivity index (χ2n) is 19.0. The van der Waals surface area contributed by atoms with Gasteiger partial charge in [-0.05, 0) is 85.9 Å². The Bertz CT molecular complexity index is 2140. The van der Waals surface area contributed by atoms with Crippen molar-refractivity contribution < 1.29 is 43.5 Å². The molecule has 2 aliphatic carbocycles. The molecular weight excluding hydrogens is 781 g/mol. The third kappa shape index (κ3) is 5.52. The first-order valence-electron chi connectivity index (χ1n) is 21.8. The summed E-state index contributed by atoms with van der Waals surface area (Å²) < 4.78 is 24.2. The van der Waals surface area contributed by atoms with E-state index in [2.05, 4.69) is 46.2 Å². The van der Waals surface area contributed by atoms with E-state index in [1.54, 1.807) is 7.11 Å². The zero-order valence-electron chi connectivity index (χ0n) is 36.0. The molecule has 8 aliphatic rings. The van der Waals surface area contributed by atoms with Crippen LogP contribution in [0, 0.1) is 28.1 Å². The number of hydrogen-bond acceptors (Lipinski definition) is 13. The molecule has 0 amide bonds. The third-order valence-corrected chi connectivity index (χ3v) is 16.7. The van der Waals surface area contributed by atoms with Crippen molar-refractivity contribution >= 4 is 48.9 Å². The Hall–Kier alpha value is -3.40. The summed E-state index contributed by atoms with van der Waals surface area (Å²) >= 11 is 4.78. The molecule has 2 N–H and O–H groups in total. The minimum atomic E-state index is -2.28. The van der Waals surface area contributed by atoms with Crippen LogP contribution in [0.3, 0.4) is 0 Å². The molecule has 6 heterocycles. The van der Waals surface area contributed by atoms with Crippen molar-refractivity contribution in [3.8, 4) is 0 Å². The van der Waals surface area contributed by atoms with E-state index in [9.17, 15) is 19.8 Å². The van der Waals surface area contributed by atoms with Gasteiger partial charge in [0.1, 0.15) is 0 Å². The highest BCUT2D eigenvalue weighted by atomic mass is 32.1. The maximum atomic E-state index is 15.4. The number of hydrogen-bond donors (Lipinski definition) is 3. The average molecular weight is 842 g/mol. The Morgan fingerprint density at radius 2 is 1.77 bits per heavy atom. The summed E-state index contributed by atoms with van der Waals surface area (Å²) in [6.07, 6.45) is 9.96. The number of thiol groups is 1. The fourth-order valence-electron chi connectivity index (χ4n) is 14.4. The summed E-state index contributed by atoms with van der Waals surface area (Å²) in [6.45, 7) is 8.78. The largest absolute Gasteiger partial charge is 0.468 e. The quantitative estimate of drug-likeness (QED) is 0.123. The Balaban J connectivity index is 1.32. The van der Waals surface area contributed by atoms with Gasteiger partial charge in [0.25, 0.3) is 0 Å². The van der Waals surface area contributed by atoms with E-state index < -0.39 is 63.6 Å². The number of esters is 3. The number of piperidine rings is 1. The van der Waals surface area contributed by atoms with Crippen molar-refractivity contribution in [2.45, 2.75) is 99.7 Å². The van der Waals surface area contributed by atoms with Crippen LogP contribution in [-0.2, 0) is 33.3 Å². The molecule has 14 heteroatoms. The Kier molecular flexibility index (Phi) is 10.2. The lowest BCUT2D eigenvalue weighted by Gasteiger charge is -2.63. The fraction of sp³-hybridized carbons (Fsp3) is 0.630. The van der Waals surface area contributed by atoms with Crippen molar-refractivity contribution in [3.05, 3.63) is 64.8 Å². The lowest BCUT2D eigenvalue weighted by atomic mass is 9.46. The molecule has 1 saturated carbocycles. The van der Waals surface area contributed by atoms with Crippen LogP contribution in [0.25, 0.3) is 5.57 Å². The smallest absolute Gasteiger partial charge is 0.344 e. The molecule has 322 valence electrons. The van der Waals surface area contributed by atoms with Crippen LogP contribution in [0.4, 0.5) is 0 Å². The number of nitrogens with zero attached hydrogens (tertiary/aromatic N) is 3. The van der Waals surface area contributed by atoms with Gasteiger partial charge in [-0.3, -0.25) is 19.4 Å². The number of likely N-dealkylation sites (tertiary alicyclic amines) is 1. The Morgan fingerprint density at radius 1 is 1.00 bits per heavy atom. The molecule has 60 heavy (non-hydrogen) atoms. The number of rotatable bonds is 7. The van der Waals surface area contributed by atoms with Crippen LogP contribution in [-0.4, -0.2) is 147 Å². The predicted molar refractivity (Wildman–Crippen MR) is 230 cm³/mol. The number of likely N-dealkylation sites (N-methyl/N-ethyl adjacent to an activating group) is 1. The van der Waals surface area contributed by atoms with Crippen molar-refractivity contribution in [1.29, 1.82) is 0 Å². The molecule has 12 nitrogen and oxygen atoms in total. The van der Waals surface area contributed by atoms with E-state index in [1.165, 1.54) is 21.1 Å². The molecule has 1 aromatic carbocycles. The van der Waals surface area contributed by atoms with Gasteiger partial charge >= 0.3 is 17.9 Å². The van der Waals surface area contributed by atoms with Crippen LogP contribution in [0.2, 0.25) is 0 Å². The van der Waals surface area contributed by atoms with E-state index in [1.807, 2.05) is 31.9 Å². The summed E-state index contributed by atoms with van der Waals surface area (Å²) in [5, 5.41) is 25.4. The molecule has 9 rings (SSSR count). The highest BCUT2D eigenvalue weighted by molar-refractivity contribution is 7.80. The zero-order chi connectivity index (χ0) is 42.7. The number of allylic oxidation sites excluding steroid dienone is 1. The zero-order valence-corrected chi connectivity index (χ0v) is 36.9. The first-order valence-corrected chi connectivity index (χ1v) is 22.2. The lowest BCUT2D eigenvalue weighted by Crippen LogP contribution is -2.79. The van der Waals surface area contributed by atoms with Crippen molar-refractivity contribution in [1.82, 2.24) is 14.7 Å². The summed E-state index contributed by atoms with van der Waals surface area (Å²) in [6, 6.07) is 5.08. The van der Waals surface area contributed by atoms with Gasteiger partial charge in [-0.1, -0.05) is 49.1 Å². The average Bonchev–Trinajstić information content (AvgIpc) is 3.89. The monoisotopic (exact) mass is 841 g/mol. The molecule has 4 fully saturated rings. The minimum absolute atomic E-state index is 0.0426. The van der Waals surface area contributed by atoms with Crippen LogP contribution < -0.4 is 5.46 Å². The van der Waals surface area contributed by atoms with Gasteiger partial charge < -0.3 is 34.1 Å². The maximum absolute atomic E-state index is 15.4. The molecule has 3 saturated heterocycles. The highest BCUT2D eigenvalue weighted by Crippen LogP contribution is 2.70. The molecule has 0 aromatic heterocycles. The van der Waals surface area contributed by atoms with E-state index >= 15 is 4.79 Å². The van der Waals surface area contributed by atoms with Crippen molar-refractivity contribution in [3.63, 3.8) is 0 Å². The number of aliphatic hydroxyl groups is 2. The summed E-state index contributed by atoms with van der Waals surface area (Å²) in [5.41, 5.74) is -0.0876. The summed E-state index contributed by atoms with van der Waals surface area (Å²) in [4.78, 5) is 50.5. The molecule has 0 radical (unpaired) electrons. The van der Waals surface area contributed by atoms with Crippen molar-refractivity contribution in [2.75, 3.05) is 61.1 Å². The van der Waals surface area contributed by atoms with Crippen LogP contribution in [0.1, 0.15) is 64.9 Å². The normalized spacial score (nSPS) is 41.2. The predicted octanol–water partition coefficient (Wildman–Crippen LogP) is 2.82. The fourth-order valence-corrected chi connectivity index (χ4v) is 14.6. The Labute approximate surface area is 359 Å². The van der Waals surface area contributed by atoms with Gasteiger partial charge in [0.15, 0.2) is 13.4 Å². The summed E-state index contributed by atoms with van der Waals surface area (Å²) in [7, 11) is 6.87. The van der Waals surface area contributed by atoms with Gasteiger partial charge in [-0.25, -0.2) is 4.79 Å². The first kappa shape index (κ1) is 41.9. The van der Waals surface area contributed by atoms with Crippen LogP contribution in [0.5, 0.6) is 0 Å². The van der Waals surface area contributed by atoms with Gasteiger partial charge in [0.2, 0.25) is 5.60 Å². The highest BCUT2D eigenvalue weighted by Gasteiger charge is 2.81. The standard InChI is InChI=1S/C46H60BN3O9S/c1-8-42(54)22-27-23-45(40(52)57-6,36-29(13-17-49(24-27)25-42)30-19-28(60)11-12-33(30)47-36)32-20-31-34(21-35(32)56-5)48(4)38-44(31)15-18-50-16-10-14-43(9-2,37(44)50)39(59-26(3)51)46(38,55)41(53)58-7/h10-12,14,19-21,27,32,35,37-39,47,54-55,60H,8-9,13,15-18,22-25H2,1-7H3/t27-,32?,35?,37+,38-,39-,42+,43-,44-,45+,46+/m1/s1. The second-order valence-corrected chi connectivity index (χ2v) is 19.5. The molecule has 1 spiro atoms. The van der Waals surface area contributed by atoms with Crippen molar-refractivity contribution in [2.24, 2.45) is 28.1 Å². The number of ether oxygens (including phenoxy) is 4. The molecule has 12 atom stereocenters. The number of carbonyl (C=O) groups excluding carboxylic acids is 3. The number of carbonyl (C=O) groups is 3. The van der Waals surface area contributed by atoms with Gasteiger partial charge in [-0.15, -0.1) is 12.6 Å². The molecule has 1 aromatic rings. The topological polar surface area (TPSA) is 138 Å². The van der Waals surface area contributed by atoms with Crippen LogP contribution >= 0.6 is 12.6 Å². The van der Waals surface area contributed by atoms with E-state index in [4.69, 9.17) is 31.6 Å². The minimum Gasteiger partial charge on any atom is -0.468 e. The molecule has 6 aliphatic heterocycles. The molecular formula is C46H60BN3O9S. The summed E-state index contributed by atoms with van der Waals surface area (Å²) in [5.74, 6) is -2.41. The molecule has 3 unspecified atom stereocenters. The Morgan fingerprint density at radius 3 is 2.45 bits per heavy atom. The van der Waals surface area contributed by atoms with Gasteiger partial charge in [0.05, 0.1) is 37.4 Å². The van der Waals surface area contributed by atoms with Gasteiger partial charge in [0, 0.05) is 80.6 Å². The van der Waals surface area contributed by atoms with Crippen LogP contribution in [0.15, 0.2) is 64.1 Å². The van der Waals surface area contributed by atoms with E-state index in [0.717, 1.165) is 51.3 Å². The number of fused-ring (bicyclic) bond motifs is 5. The van der Waals surface area contributed by atoms with Gasteiger partial charge in [-0.2, -0.15) is 0 Å². The first-order chi connectivity index (χ1) is 28.6. The number of benzene rings is 1. The third-order valence-electron chi connectivity index (χ3n) is 16.4. The number of methoxy groups -OCH3 is 3. The lowest BCUT2D eigenvalue weighted by molar-refractivity contribution is -0.243.